The van der Waals surface area contributed by atoms with Gasteiger partial charge in [0.15, 0.2) is 0 Å². The molecule has 0 radical (unpaired) electrons. The first-order valence-corrected chi connectivity index (χ1v) is 17.7. The summed E-state index contributed by atoms with van der Waals surface area (Å²) in [5.41, 5.74) is 9.86. The van der Waals surface area contributed by atoms with Gasteiger partial charge in [0.25, 0.3) is 0 Å². The second-order valence-electron chi connectivity index (χ2n) is 8.44. The third kappa shape index (κ3) is 4.17. The fourth-order valence-electron chi connectivity index (χ4n) is 4.25. The van der Waals surface area contributed by atoms with E-state index in [9.17, 15) is 0 Å². The summed E-state index contributed by atoms with van der Waals surface area (Å²) in [4.78, 5) is 0. The molecule has 1 unspecified atom stereocenters. The van der Waals surface area contributed by atoms with Crippen LogP contribution in [0, 0.1) is 5.41 Å². The quantitative estimate of drug-likeness (QED) is 0.405. The molecule has 0 saturated carbocycles. The Hall–Kier alpha value is -0.357. The van der Waals surface area contributed by atoms with Gasteiger partial charge in [0.05, 0.1) is 0 Å². The molecule has 0 nitrogen and oxygen atoms in total. The summed E-state index contributed by atoms with van der Waals surface area (Å²) in [6, 6.07) is 13.5. The fourth-order valence-corrected chi connectivity index (χ4v) is 10.1. The average molecular weight is 480 g/mol. The van der Waals surface area contributed by atoms with E-state index in [-0.39, 0.29) is 9.04 Å². The van der Waals surface area contributed by atoms with E-state index in [0.717, 1.165) is 19.3 Å². The summed E-state index contributed by atoms with van der Waals surface area (Å²) in [7, 11) is 13.4. The number of halogens is 2. The van der Waals surface area contributed by atoms with Gasteiger partial charge in [-0.25, -0.2) is 0 Å². The number of allylic oxidation sites excluding steroid dienone is 1. The Morgan fingerprint density at radius 1 is 0.963 bits per heavy atom. The van der Waals surface area contributed by atoms with Crippen LogP contribution >= 0.6 is 17.0 Å². The molecule has 0 saturated heterocycles. The van der Waals surface area contributed by atoms with Gasteiger partial charge in [-0.2, -0.15) is 0 Å². The molecular weight excluding hydrogens is 450 g/mol. The number of benzene rings is 2. The van der Waals surface area contributed by atoms with E-state index in [1.54, 1.807) is 0 Å². The first kappa shape index (κ1) is 21.4. The Labute approximate surface area is 179 Å². The predicted octanol–water partition coefficient (Wildman–Crippen LogP) is 8.28. The van der Waals surface area contributed by atoms with Crippen molar-refractivity contribution in [2.24, 2.45) is 5.41 Å². The minimum atomic E-state index is -2.52. The predicted molar refractivity (Wildman–Crippen MR) is 117 cm³/mol. The van der Waals surface area contributed by atoms with Crippen LogP contribution < -0.4 is 0 Å². The number of hydrogen-bond donors (Lipinski definition) is 0. The molecule has 0 spiro atoms. The summed E-state index contributed by atoms with van der Waals surface area (Å²) < 4.78 is 0.258. The molecule has 0 fully saturated rings. The number of aryl methyl sites for hydroxylation is 2. The van der Waals surface area contributed by atoms with E-state index in [1.165, 1.54) is 39.0 Å². The van der Waals surface area contributed by atoms with Crippen LogP contribution in [0.2, 0.25) is 0 Å². The van der Waals surface area contributed by atoms with Crippen molar-refractivity contribution in [2.75, 3.05) is 0 Å². The molecule has 0 aliphatic heterocycles. The summed E-state index contributed by atoms with van der Waals surface area (Å²) in [6.45, 7) is 11.3. The molecule has 143 valence electrons. The molecule has 0 amide bonds. The Kier molecular flexibility index (Phi) is 6.77. The van der Waals surface area contributed by atoms with Crippen LogP contribution in [0.4, 0.5) is 0 Å². The van der Waals surface area contributed by atoms with E-state index in [4.69, 9.17) is 17.0 Å². The van der Waals surface area contributed by atoms with Crippen LogP contribution in [0.15, 0.2) is 42.0 Å². The second-order valence-corrected chi connectivity index (χ2v) is 17.2. The van der Waals surface area contributed by atoms with Crippen molar-refractivity contribution in [3.63, 3.8) is 0 Å². The Morgan fingerprint density at radius 3 is 2.26 bits per heavy atom. The van der Waals surface area contributed by atoms with Crippen LogP contribution in [-0.2, 0) is 32.2 Å². The Balaban J connectivity index is 2.33. The molecule has 1 atom stereocenters. The van der Waals surface area contributed by atoms with Crippen LogP contribution in [-0.4, -0.2) is 0 Å². The summed E-state index contributed by atoms with van der Waals surface area (Å²) in [6.07, 6.45) is 5.70. The summed E-state index contributed by atoms with van der Waals surface area (Å²) in [5, 5.41) is 0. The Morgan fingerprint density at radius 2 is 1.67 bits per heavy atom. The van der Waals surface area contributed by atoms with Gasteiger partial charge in [-0.05, 0) is 0 Å². The summed E-state index contributed by atoms with van der Waals surface area (Å²) in [5.74, 6) is 0. The molecule has 2 aromatic rings. The van der Waals surface area contributed by atoms with Gasteiger partial charge in [0, 0.05) is 0 Å². The topological polar surface area (TPSA) is 0 Å². The maximum atomic E-state index is 6.69. The third-order valence-corrected chi connectivity index (χ3v) is 10.7. The second kappa shape index (κ2) is 8.56. The molecule has 1 aliphatic carbocycles. The van der Waals surface area contributed by atoms with E-state index in [1.807, 2.05) is 0 Å². The molecule has 0 aromatic heterocycles. The van der Waals surface area contributed by atoms with Gasteiger partial charge in [-0.3, -0.25) is 0 Å². The first-order valence-electron chi connectivity index (χ1n) is 9.93. The van der Waals surface area contributed by atoms with Crippen molar-refractivity contribution >= 4 is 23.1 Å². The van der Waals surface area contributed by atoms with Gasteiger partial charge in [-0.15, -0.1) is 0 Å². The molecule has 3 heteroatoms. The zero-order chi connectivity index (χ0) is 19.8. The van der Waals surface area contributed by atoms with Gasteiger partial charge in [-0.1, -0.05) is 0 Å². The average Bonchev–Trinajstić information content (AvgIpc) is 3.02. The number of rotatable bonds is 5. The van der Waals surface area contributed by atoms with Crippen molar-refractivity contribution < 1.29 is 19.4 Å². The zero-order valence-electron chi connectivity index (χ0n) is 17.0. The zero-order valence-corrected chi connectivity index (χ0v) is 21.0. The third-order valence-electron chi connectivity index (χ3n) is 5.56. The molecule has 0 heterocycles. The monoisotopic (exact) mass is 477 g/mol. The van der Waals surface area contributed by atoms with E-state index < -0.39 is 19.4 Å². The molecule has 0 N–H and O–H groups in total. The molecule has 3 rings (SSSR count). The van der Waals surface area contributed by atoms with Gasteiger partial charge in [0.2, 0.25) is 0 Å². The SMILES string of the molecule is CCCc1ccc2c(c1-c1ccccc1CC)C=C(C(C)(C)C)[CH]2[Zr]([Cl])[Cl]. The van der Waals surface area contributed by atoms with Crippen LogP contribution in [0.25, 0.3) is 17.2 Å². The van der Waals surface area contributed by atoms with E-state index in [0.29, 0.717) is 0 Å². The summed E-state index contributed by atoms with van der Waals surface area (Å²) >= 11 is -2.52. The minimum absolute atomic E-state index is 0.0751. The van der Waals surface area contributed by atoms with Crippen LogP contribution in [0.5, 0.6) is 0 Å². The molecule has 2 aromatic carbocycles. The fraction of sp³-hybridized carbons (Fsp3) is 0.417. The number of fused-ring (bicyclic) bond motifs is 1. The number of hydrogen-bond acceptors (Lipinski definition) is 0. The van der Waals surface area contributed by atoms with Crippen molar-refractivity contribution in [1.29, 1.82) is 0 Å². The molecule has 27 heavy (non-hydrogen) atoms. The van der Waals surface area contributed by atoms with E-state index >= 15 is 0 Å². The van der Waals surface area contributed by atoms with Gasteiger partial charge >= 0.3 is 181 Å². The standard InChI is InChI=1S/C24H29.2ClH.Zr/c1-6-10-18-13-14-19-15-20(24(3,4)5)16-22(19)23(18)21-12-9-8-11-17(21)7-2;;;/h8-9,11-16H,6-7,10H2,1-5H3;2*1H;/q;;;+2/p-2. The van der Waals surface area contributed by atoms with Crippen molar-refractivity contribution in [3.05, 3.63) is 64.2 Å². The Bertz CT molecular complexity index is 859. The van der Waals surface area contributed by atoms with E-state index in [2.05, 4.69) is 77.1 Å². The van der Waals surface area contributed by atoms with Crippen molar-refractivity contribution in [2.45, 2.75) is 57.5 Å². The van der Waals surface area contributed by atoms with Gasteiger partial charge < -0.3 is 0 Å². The van der Waals surface area contributed by atoms with Crippen molar-refractivity contribution in [1.82, 2.24) is 0 Å². The molecule has 0 bridgehead atoms. The van der Waals surface area contributed by atoms with Crippen molar-refractivity contribution in [3.8, 4) is 11.1 Å². The maximum absolute atomic E-state index is 6.69. The molecular formula is C24H29Cl2Zr. The normalized spacial score (nSPS) is 16.3. The van der Waals surface area contributed by atoms with Gasteiger partial charge in [0.1, 0.15) is 0 Å². The van der Waals surface area contributed by atoms with Crippen LogP contribution in [0.3, 0.4) is 0 Å². The van der Waals surface area contributed by atoms with Crippen LogP contribution in [0.1, 0.15) is 66.9 Å². The first-order chi connectivity index (χ1) is 12.8. The molecule has 1 aliphatic rings.